The highest BCUT2D eigenvalue weighted by Crippen LogP contribution is 2.65. The SMILES string of the molecule is C=C=C[C@]1(O)CC[C@H]2[C@@H]3CCC4=CC(=O)CCC4=C3CCC21CC. The van der Waals surface area contributed by atoms with E-state index in [9.17, 15) is 9.90 Å². The van der Waals surface area contributed by atoms with Crippen molar-refractivity contribution in [2.24, 2.45) is 17.3 Å². The van der Waals surface area contributed by atoms with Gasteiger partial charge in [0.1, 0.15) is 0 Å². The number of allylic oxidation sites excluding steroid dienone is 4. The first-order valence-corrected chi connectivity index (χ1v) is 9.60. The van der Waals surface area contributed by atoms with Crippen LogP contribution in [0, 0.1) is 17.3 Å². The fraction of sp³-hybridized carbons (Fsp3) is 0.636. The van der Waals surface area contributed by atoms with Gasteiger partial charge in [-0.1, -0.05) is 19.1 Å². The number of carbonyl (C=O) groups excluding carboxylic acids is 1. The van der Waals surface area contributed by atoms with Crippen LogP contribution in [-0.2, 0) is 4.79 Å². The molecule has 2 fully saturated rings. The fourth-order valence-corrected chi connectivity index (χ4v) is 6.54. The monoisotopic (exact) mass is 324 g/mol. The van der Waals surface area contributed by atoms with Crippen LogP contribution in [-0.4, -0.2) is 16.5 Å². The standard InChI is InChI=1S/C22H28O2/c1-3-11-22(24)13-10-20-19-7-5-15-14-16(23)6-8-17(15)18(19)9-12-21(20,22)4-2/h11,14,19-20,24H,1,4-10,12-13H2,2H3/t19-,20+,21?,22+/m1/s1. The number of hydrogen-bond donors (Lipinski definition) is 1. The number of aliphatic hydroxyl groups is 1. The Kier molecular flexibility index (Phi) is 3.74. The predicted molar refractivity (Wildman–Crippen MR) is 95.4 cm³/mol. The van der Waals surface area contributed by atoms with Crippen molar-refractivity contribution in [2.75, 3.05) is 0 Å². The maximum Gasteiger partial charge on any atom is 0.156 e. The van der Waals surface area contributed by atoms with Crippen LogP contribution in [0.3, 0.4) is 0 Å². The van der Waals surface area contributed by atoms with Gasteiger partial charge in [-0.05, 0) is 86.5 Å². The highest BCUT2D eigenvalue weighted by Gasteiger charge is 2.61. The van der Waals surface area contributed by atoms with Crippen LogP contribution in [0.4, 0.5) is 0 Å². The maximum absolute atomic E-state index is 11.8. The highest BCUT2D eigenvalue weighted by atomic mass is 16.3. The quantitative estimate of drug-likeness (QED) is 0.750. The zero-order valence-electron chi connectivity index (χ0n) is 14.7. The largest absolute Gasteiger partial charge is 0.385 e. The summed E-state index contributed by atoms with van der Waals surface area (Å²) < 4.78 is 0. The third kappa shape index (κ3) is 2.03. The Balaban J connectivity index is 1.76. The zero-order chi connectivity index (χ0) is 16.9. The summed E-state index contributed by atoms with van der Waals surface area (Å²) in [6, 6.07) is 0. The fourth-order valence-electron chi connectivity index (χ4n) is 6.54. The van der Waals surface area contributed by atoms with Gasteiger partial charge in [-0.25, -0.2) is 0 Å². The summed E-state index contributed by atoms with van der Waals surface area (Å²) in [6.07, 6.45) is 12.7. The molecule has 0 aromatic carbocycles. The van der Waals surface area contributed by atoms with Crippen molar-refractivity contribution in [1.29, 1.82) is 0 Å². The van der Waals surface area contributed by atoms with Gasteiger partial charge in [-0.2, -0.15) is 0 Å². The number of hydrogen-bond acceptors (Lipinski definition) is 2. The molecule has 2 saturated carbocycles. The first kappa shape index (κ1) is 16.1. The maximum atomic E-state index is 11.8. The Morgan fingerprint density at radius 1 is 1.29 bits per heavy atom. The molecular weight excluding hydrogens is 296 g/mol. The van der Waals surface area contributed by atoms with Crippen LogP contribution in [0.2, 0.25) is 0 Å². The first-order chi connectivity index (χ1) is 11.5. The second kappa shape index (κ2) is 5.58. The molecule has 0 bridgehead atoms. The Morgan fingerprint density at radius 2 is 2.12 bits per heavy atom. The lowest BCUT2D eigenvalue weighted by atomic mass is 9.53. The molecule has 1 N–H and O–H groups in total. The molecule has 0 aromatic rings. The van der Waals surface area contributed by atoms with E-state index in [1.165, 1.54) is 11.1 Å². The molecule has 0 spiro atoms. The van der Waals surface area contributed by atoms with Crippen molar-refractivity contribution in [3.63, 3.8) is 0 Å². The van der Waals surface area contributed by atoms with Crippen LogP contribution >= 0.6 is 0 Å². The van der Waals surface area contributed by atoms with Crippen molar-refractivity contribution in [1.82, 2.24) is 0 Å². The molecule has 128 valence electrons. The van der Waals surface area contributed by atoms with Gasteiger partial charge in [0.05, 0.1) is 5.60 Å². The van der Waals surface area contributed by atoms with Gasteiger partial charge in [0.25, 0.3) is 0 Å². The lowest BCUT2D eigenvalue weighted by molar-refractivity contribution is -0.114. The van der Waals surface area contributed by atoms with E-state index in [2.05, 4.69) is 19.2 Å². The van der Waals surface area contributed by atoms with Gasteiger partial charge in [0.15, 0.2) is 5.78 Å². The average Bonchev–Trinajstić information content (AvgIpc) is 2.88. The molecule has 4 aliphatic rings. The molecule has 0 saturated heterocycles. The normalized spacial score (nSPS) is 41.1. The van der Waals surface area contributed by atoms with Crippen LogP contribution in [0.1, 0.15) is 64.7 Å². The summed E-state index contributed by atoms with van der Waals surface area (Å²) in [5, 5.41) is 11.4. The van der Waals surface area contributed by atoms with Gasteiger partial charge in [-0.15, -0.1) is 5.73 Å². The molecule has 2 heteroatoms. The van der Waals surface area contributed by atoms with Crippen molar-refractivity contribution < 1.29 is 9.90 Å². The van der Waals surface area contributed by atoms with E-state index < -0.39 is 5.60 Å². The zero-order valence-corrected chi connectivity index (χ0v) is 14.7. The van der Waals surface area contributed by atoms with E-state index in [1.54, 1.807) is 5.57 Å². The third-order valence-electron chi connectivity index (χ3n) is 7.61. The van der Waals surface area contributed by atoms with Gasteiger partial charge in [0.2, 0.25) is 0 Å². The molecule has 4 rings (SSSR count). The van der Waals surface area contributed by atoms with Crippen LogP contribution in [0.25, 0.3) is 0 Å². The lowest BCUT2D eigenvalue weighted by Gasteiger charge is -2.52. The van der Waals surface area contributed by atoms with Crippen molar-refractivity contribution in [3.8, 4) is 0 Å². The number of carbonyl (C=O) groups is 1. The number of fused-ring (bicyclic) bond motifs is 4. The minimum absolute atomic E-state index is 0.0158. The summed E-state index contributed by atoms with van der Waals surface area (Å²) in [5.74, 6) is 1.47. The Hall–Kier alpha value is -1.37. The summed E-state index contributed by atoms with van der Waals surface area (Å²) in [6.45, 7) is 5.97. The third-order valence-corrected chi connectivity index (χ3v) is 7.61. The second-order valence-corrected chi connectivity index (χ2v) is 8.21. The molecule has 2 nitrogen and oxygen atoms in total. The predicted octanol–water partition coefficient (Wildman–Crippen LogP) is 4.65. The van der Waals surface area contributed by atoms with Gasteiger partial charge in [0, 0.05) is 11.8 Å². The van der Waals surface area contributed by atoms with Crippen LogP contribution in [0.15, 0.2) is 41.2 Å². The summed E-state index contributed by atoms with van der Waals surface area (Å²) >= 11 is 0. The second-order valence-electron chi connectivity index (χ2n) is 8.21. The first-order valence-electron chi connectivity index (χ1n) is 9.60. The smallest absolute Gasteiger partial charge is 0.156 e. The minimum atomic E-state index is -0.733. The minimum Gasteiger partial charge on any atom is -0.385 e. The van der Waals surface area contributed by atoms with Gasteiger partial charge in [-0.3, -0.25) is 4.79 Å². The molecule has 24 heavy (non-hydrogen) atoms. The van der Waals surface area contributed by atoms with Crippen molar-refractivity contribution in [2.45, 2.75) is 70.3 Å². The van der Waals surface area contributed by atoms with Crippen molar-refractivity contribution in [3.05, 3.63) is 41.2 Å². The Labute approximate surface area is 145 Å². The van der Waals surface area contributed by atoms with Crippen LogP contribution < -0.4 is 0 Å². The average molecular weight is 324 g/mol. The lowest BCUT2D eigenvalue weighted by Crippen LogP contribution is -2.50. The number of ketones is 1. The molecule has 0 aromatic heterocycles. The Morgan fingerprint density at radius 3 is 2.88 bits per heavy atom. The van der Waals surface area contributed by atoms with E-state index in [0.29, 0.717) is 24.0 Å². The van der Waals surface area contributed by atoms with E-state index in [1.807, 2.05) is 12.2 Å². The van der Waals surface area contributed by atoms with E-state index >= 15 is 0 Å². The van der Waals surface area contributed by atoms with E-state index in [-0.39, 0.29) is 5.41 Å². The topological polar surface area (TPSA) is 37.3 Å². The number of rotatable bonds is 2. The molecule has 4 atom stereocenters. The molecule has 0 amide bonds. The molecule has 1 unspecified atom stereocenters. The molecular formula is C22H28O2. The van der Waals surface area contributed by atoms with Crippen molar-refractivity contribution >= 4 is 5.78 Å². The van der Waals surface area contributed by atoms with Crippen LogP contribution in [0.5, 0.6) is 0 Å². The summed E-state index contributed by atoms with van der Waals surface area (Å²) in [7, 11) is 0. The molecule has 4 aliphatic carbocycles. The summed E-state index contributed by atoms with van der Waals surface area (Å²) in [4.78, 5) is 11.8. The van der Waals surface area contributed by atoms with Gasteiger partial charge >= 0.3 is 0 Å². The molecule has 0 radical (unpaired) electrons. The molecule has 0 aliphatic heterocycles. The highest BCUT2D eigenvalue weighted by molar-refractivity contribution is 5.93. The summed E-state index contributed by atoms with van der Waals surface area (Å²) in [5.41, 5.74) is 6.58. The Bertz CT molecular complexity index is 691. The van der Waals surface area contributed by atoms with E-state index in [4.69, 9.17) is 0 Å². The van der Waals surface area contributed by atoms with E-state index in [0.717, 1.165) is 51.4 Å². The molecule has 0 heterocycles. The van der Waals surface area contributed by atoms with Gasteiger partial charge < -0.3 is 5.11 Å².